The van der Waals surface area contributed by atoms with Gasteiger partial charge in [0, 0.05) is 0 Å². The molecule has 0 nitrogen and oxygen atoms in total. The van der Waals surface area contributed by atoms with Crippen molar-refractivity contribution in [3.8, 4) is 0 Å². The fourth-order valence-electron chi connectivity index (χ4n) is 7.56. The molecule has 0 aliphatic heterocycles. The van der Waals surface area contributed by atoms with Gasteiger partial charge in [-0.25, -0.2) is 87.8 Å². The fraction of sp³-hybridized carbons (Fsp3) is 0.0698. The molecule has 65 heavy (non-hydrogen) atoms. The Labute approximate surface area is 358 Å². The molecule has 0 spiro atoms. The summed E-state index contributed by atoms with van der Waals surface area (Å²) in [5.41, 5.74) is -11.3. The van der Waals surface area contributed by atoms with Gasteiger partial charge in [0.2, 0.25) is 0 Å². The van der Waals surface area contributed by atoms with Crippen LogP contribution in [0.25, 0.3) is 0 Å². The number of hydrogen-bond acceptors (Lipinski definition) is 0. The first-order chi connectivity index (χ1) is 30.6. The summed E-state index contributed by atoms with van der Waals surface area (Å²) >= 11 is -1.25. The van der Waals surface area contributed by atoms with Gasteiger partial charge in [-0.3, -0.25) is 0 Å². The Balaban J connectivity index is 0.000000289. The van der Waals surface area contributed by atoms with Crippen LogP contribution in [0, 0.1) is 116 Å². The van der Waals surface area contributed by atoms with Crippen LogP contribution >= 0.6 is 0 Å². The normalized spacial score (nSPS) is 12.4. The summed E-state index contributed by atoms with van der Waals surface area (Å²) in [5.74, 6) is -71.4. The van der Waals surface area contributed by atoms with E-state index in [1.54, 1.807) is 3.88 Å². The van der Waals surface area contributed by atoms with Crippen molar-refractivity contribution in [2.24, 2.45) is 0 Å². The third-order valence-electron chi connectivity index (χ3n) is 10.5. The second-order valence-corrected chi connectivity index (χ2v) is 18.0. The topological polar surface area (TPSA) is 0 Å². The molecule has 7 rings (SSSR count). The molecule has 0 fully saturated rings. The quantitative estimate of drug-likeness (QED) is 0.0586. The third kappa shape index (κ3) is 8.25. The number of rotatable bonds is 9. The first-order valence-corrected chi connectivity index (χ1v) is 21.1. The van der Waals surface area contributed by atoms with Crippen LogP contribution < -0.4 is 21.9 Å². The van der Waals surface area contributed by atoms with E-state index < -0.39 is 162 Å². The van der Waals surface area contributed by atoms with Crippen LogP contribution in [-0.2, 0) is 27.3 Å². The monoisotopic (exact) mass is 974 g/mol. The van der Waals surface area contributed by atoms with Gasteiger partial charge in [-0.1, -0.05) is 0 Å². The Morgan fingerprint density at radius 3 is 0.769 bits per heavy atom. The van der Waals surface area contributed by atoms with Crippen molar-refractivity contribution in [1.29, 1.82) is 0 Å². The number of halogens is 20. The second-order valence-electron chi connectivity index (χ2n) is 14.1. The van der Waals surface area contributed by atoms with E-state index in [0.29, 0.717) is 0 Å². The minimum absolute atomic E-state index is 1.19. The molecular weight excluding hydrogens is 955 g/mol. The van der Waals surface area contributed by atoms with Crippen LogP contribution in [0.2, 0.25) is 0 Å². The molecule has 0 N–H and O–H groups in total. The van der Waals surface area contributed by atoms with Gasteiger partial charge in [-0.15, -0.1) is 21.9 Å². The molecular formula is C43H19BF20Ti. The van der Waals surface area contributed by atoms with Crippen molar-refractivity contribution < 1.29 is 106 Å². The third-order valence-corrected chi connectivity index (χ3v) is 15.1. The predicted octanol–water partition coefficient (Wildman–Crippen LogP) is 10.7. The van der Waals surface area contributed by atoms with Gasteiger partial charge >= 0.3 is 128 Å². The van der Waals surface area contributed by atoms with Crippen LogP contribution in [0.1, 0.15) is 17.5 Å². The zero-order chi connectivity index (χ0) is 48.0. The molecule has 0 bridgehead atoms. The number of hydrogen-bond donors (Lipinski definition) is 0. The molecule has 0 amide bonds. The zero-order valence-electron chi connectivity index (χ0n) is 31.8. The maximum absolute atomic E-state index is 15.4. The smallest absolute Gasteiger partial charge is 0.200 e. The van der Waals surface area contributed by atoms with Gasteiger partial charge in [0.1, 0.15) is 52.7 Å². The summed E-state index contributed by atoms with van der Waals surface area (Å²) in [6.45, 7) is 0. The van der Waals surface area contributed by atoms with E-state index >= 15 is 35.1 Å². The van der Waals surface area contributed by atoms with Gasteiger partial charge in [-0.05, 0) is 0 Å². The van der Waals surface area contributed by atoms with Gasteiger partial charge in [0.15, 0.2) is 69.8 Å². The average Bonchev–Trinajstić information content (AvgIpc) is 3.85. The largest absolute Gasteiger partial charge is 0.207 e. The van der Waals surface area contributed by atoms with Gasteiger partial charge in [0.05, 0.1) is 0 Å². The first-order valence-electron chi connectivity index (χ1n) is 18.1. The summed E-state index contributed by atoms with van der Waals surface area (Å²) in [6.07, 6.45) is 0.887. The van der Waals surface area contributed by atoms with E-state index in [-0.39, 0.29) is 0 Å². The molecule has 1 aliphatic carbocycles. The molecule has 22 heteroatoms. The fourth-order valence-corrected chi connectivity index (χ4v) is 11.9. The van der Waals surface area contributed by atoms with E-state index in [4.69, 9.17) is 0 Å². The van der Waals surface area contributed by atoms with Crippen LogP contribution in [0.5, 0.6) is 0 Å². The van der Waals surface area contributed by atoms with Crippen LogP contribution in [0.3, 0.4) is 0 Å². The van der Waals surface area contributed by atoms with Gasteiger partial charge in [0.25, 0.3) is 0 Å². The maximum atomic E-state index is 15.4. The van der Waals surface area contributed by atoms with E-state index in [0.717, 1.165) is 0 Å². The molecule has 0 saturated heterocycles. The minimum atomic E-state index is -7.22. The molecule has 0 saturated carbocycles. The molecule has 0 unspecified atom stereocenters. The summed E-state index contributed by atoms with van der Waals surface area (Å²) in [6, 6.07) is 22.0. The first kappa shape index (κ1) is 48.6. The zero-order valence-corrected chi connectivity index (χ0v) is 33.3. The Hall–Kier alpha value is -5.82. The molecule has 0 radical (unpaired) electrons. The van der Waals surface area contributed by atoms with Crippen molar-refractivity contribution in [1.82, 2.24) is 0 Å². The summed E-state index contributed by atoms with van der Waals surface area (Å²) in [4.78, 5) is 0. The Kier molecular flexibility index (Phi) is 14.2. The summed E-state index contributed by atoms with van der Waals surface area (Å²) in [5, 5.41) is 0. The average molecular weight is 974 g/mol. The van der Waals surface area contributed by atoms with Crippen molar-refractivity contribution in [3.05, 3.63) is 210 Å². The van der Waals surface area contributed by atoms with Gasteiger partial charge < -0.3 is 0 Å². The SMILES string of the molecule is C1=CC[C]([Ti+]([CH2]c2ccccc2)[CH2]c2ccccc2)=C1.Fc1c(F)c(F)c([B-](c2c(F)c(F)c(F)c(F)c2F)(c2c(F)c(F)c(F)c(F)c2F)c2c(F)c(F)c(F)c(F)c2F)c(F)c1F. The van der Waals surface area contributed by atoms with Crippen molar-refractivity contribution in [3.63, 3.8) is 0 Å². The molecule has 0 aromatic heterocycles. The standard InChI is InChI=1S/C24BF20.2C7H7.C5H5.Ti/c26-5-1(6(27)14(35)21(42)13(5)34)25(2-7(28)15(36)22(43)16(37)8(2)29,3-9(30)17(38)23(44)18(39)10(3)31)4-11(32)19(40)24(45)20(41)12(4)33;2*1-7-5-3-2-4-6-7;1-2-4-5-3-1;/h;2*2-6H,1H2;1-3H,4H2;/q-1;;;;+1. The summed E-state index contributed by atoms with van der Waals surface area (Å²) < 4.78 is 298. The van der Waals surface area contributed by atoms with E-state index in [1.807, 2.05) is 0 Å². The van der Waals surface area contributed by atoms with Crippen molar-refractivity contribution in [2.75, 3.05) is 0 Å². The molecule has 0 atom stereocenters. The summed E-state index contributed by atoms with van der Waals surface area (Å²) in [7, 11) is 0. The number of benzene rings is 6. The van der Waals surface area contributed by atoms with Crippen molar-refractivity contribution >= 4 is 28.0 Å². The minimum Gasteiger partial charge on any atom is -0.207 e. The molecule has 338 valence electrons. The molecule has 6 aromatic rings. The van der Waals surface area contributed by atoms with Crippen LogP contribution in [0.15, 0.2) is 82.8 Å². The predicted molar refractivity (Wildman–Crippen MR) is 191 cm³/mol. The molecule has 6 aromatic carbocycles. The maximum Gasteiger partial charge on any atom is 0.200 e. The second kappa shape index (κ2) is 19.0. The van der Waals surface area contributed by atoms with Crippen LogP contribution in [0.4, 0.5) is 87.8 Å². The Morgan fingerprint density at radius 2 is 0.554 bits per heavy atom. The molecule has 0 heterocycles. The van der Waals surface area contributed by atoms with Gasteiger partial charge in [-0.2, -0.15) is 0 Å². The Morgan fingerprint density at radius 1 is 0.323 bits per heavy atom. The number of allylic oxidation sites excluding steroid dienone is 4. The van der Waals surface area contributed by atoms with Crippen molar-refractivity contribution in [2.45, 2.75) is 15.9 Å². The van der Waals surface area contributed by atoms with E-state index in [9.17, 15) is 52.7 Å². The van der Waals surface area contributed by atoms with Crippen LogP contribution in [-0.4, -0.2) is 6.15 Å². The van der Waals surface area contributed by atoms with E-state index in [2.05, 4.69) is 78.9 Å². The van der Waals surface area contributed by atoms with E-state index in [1.165, 1.54) is 27.0 Å². The Bertz CT molecular complexity index is 2480. The molecule has 1 aliphatic rings.